The molecule has 6 nitrogen and oxygen atoms in total. The predicted octanol–water partition coefficient (Wildman–Crippen LogP) is 5.47. The van der Waals surface area contributed by atoms with Crippen LogP contribution in [-0.4, -0.2) is 49.8 Å². The Labute approximate surface area is 220 Å². The van der Waals surface area contributed by atoms with E-state index < -0.39 is 10.0 Å². The standard InChI is InChI=1S/C26H31BrN2O4S2/c1-3-33-17-7-16-29(35(31,32)25-14-11-23(27)12-15-25)20-26(30)28(18-22-8-5-4-6-9-22)19-24-13-10-21(2)34-24/h4-6,8-15H,3,7,16-20H2,1-2H3. The van der Waals surface area contributed by atoms with Gasteiger partial charge in [-0.1, -0.05) is 46.3 Å². The summed E-state index contributed by atoms with van der Waals surface area (Å²) in [5.41, 5.74) is 0.993. The van der Waals surface area contributed by atoms with Crippen LogP contribution in [0.25, 0.3) is 0 Å². The van der Waals surface area contributed by atoms with Crippen molar-refractivity contribution in [3.8, 4) is 0 Å². The molecular weight excluding hydrogens is 548 g/mol. The lowest BCUT2D eigenvalue weighted by Crippen LogP contribution is -2.43. The van der Waals surface area contributed by atoms with Gasteiger partial charge in [0.1, 0.15) is 0 Å². The number of rotatable bonds is 13. The van der Waals surface area contributed by atoms with Gasteiger partial charge in [0.05, 0.1) is 18.0 Å². The summed E-state index contributed by atoms with van der Waals surface area (Å²) < 4.78 is 34.4. The summed E-state index contributed by atoms with van der Waals surface area (Å²) in [6.45, 7) is 5.71. The van der Waals surface area contributed by atoms with E-state index in [9.17, 15) is 13.2 Å². The number of benzene rings is 2. The first-order valence-corrected chi connectivity index (χ1v) is 14.5. The molecule has 3 aromatic rings. The number of halogens is 1. The topological polar surface area (TPSA) is 66.9 Å². The first-order chi connectivity index (χ1) is 16.8. The highest BCUT2D eigenvalue weighted by Gasteiger charge is 2.28. The van der Waals surface area contributed by atoms with Crippen LogP contribution < -0.4 is 0 Å². The Kier molecular flexibility index (Phi) is 10.5. The normalized spacial score (nSPS) is 11.7. The third-order valence-electron chi connectivity index (χ3n) is 5.38. The second-order valence-electron chi connectivity index (χ2n) is 8.09. The molecule has 0 aliphatic heterocycles. The van der Waals surface area contributed by atoms with Crippen LogP contribution in [0.5, 0.6) is 0 Å². The zero-order valence-corrected chi connectivity index (χ0v) is 23.2. The third-order valence-corrected chi connectivity index (χ3v) is 8.75. The number of aryl methyl sites for hydroxylation is 1. The maximum absolute atomic E-state index is 13.6. The zero-order chi connectivity index (χ0) is 25.3. The van der Waals surface area contributed by atoms with E-state index in [-0.39, 0.29) is 23.9 Å². The molecule has 1 amide bonds. The van der Waals surface area contributed by atoms with Crippen LogP contribution in [0.1, 0.15) is 28.7 Å². The number of amides is 1. The van der Waals surface area contributed by atoms with Gasteiger partial charge in [0, 0.05) is 40.5 Å². The van der Waals surface area contributed by atoms with E-state index in [1.165, 1.54) is 9.18 Å². The Bertz CT molecular complexity index is 1180. The van der Waals surface area contributed by atoms with Gasteiger partial charge >= 0.3 is 0 Å². The van der Waals surface area contributed by atoms with Crippen LogP contribution in [0.2, 0.25) is 0 Å². The average molecular weight is 580 g/mol. The molecule has 0 bridgehead atoms. The summed E-state index contributed by atoms with van der Waals surface area (Å²) in [4.78, 5) is 17.7. The van der Waals surface area contributed by atoms with Gasteiger partial charge < -0.3 is 9.64 Å². The molecule has 0 saturated heterocycles. The Morgan fingerprint density at radius 1 is 1.00 bits per heavy atom. The molecule has 35 heavy (non-hydrogen) atoms. The van der Waals surface area contributed by atoms with Gasteiger partial charge in [-0.15, -0.1) is 11.3 Å². The van der Waals surface area contributed by atoms with Crippen molar-refractivity contribution in [3.63, 3.8) is 0 Å². The molecular formula is C26H31BrN2O4S2. The van der Waals surface area contributed by atoms with Crippen LogP contribution in [0, 0.1) is 6.92 Å². The number of ether oxygens (including phenoxy) is 1. The minimum Gasteiger partial charge on any atom is -0.382 e. The molecule has 0 spiro atoms. The van der Waals surface area contributed by atoms with E-state index in [0.29, 0.717) is 32.7 Å². The van der Waals surface area contributed by atoms with Crippen LogP contribution in [0.15, 0.2) is 76.1 Å². The van der Waals surface area contributed by atoms with Gasteiger partial charge in [0.25, 0.3) is 0 Å². The minimum atomic E-state index is -3.86. The largest absolute Gasteiger partial charge is 0.382 e. The van der Waals surface area contributed by atoms with E-state index in [1.807, 2.05) is 56.3 Å². The molecule has 0 unspecified atom stereocenters. The quantitative estimate of drug-likeness (QED) is 0.252. The van der Waals surface area contributed by atoms with Gasteiger partial charge in [-0.05, 0) is 62.2 Å². The van der Waals surface area contributed by atoms with Gasteiger partial charge in [0.15, 0.2) is 0 Å². The first kappa shape index (κ1) is 27.5. The Hall–Kier alpha value is -2.04. The second-order valence-corrected chi connectivity index (χ2v) is 12.3. The average Bonchev–Trinajstić information content (AvgIpc) is 3.26. The Balaban J connectivity index is 1.84. The van der Waals surface area contributed by atoms with Crippen LogP contribution in [-0.2, 0) is 32.6 Å². The number of hydrogen-bond acceptors (Lipinski definition) is 5. The lowest BCUT2D eigenvalue weighted by atomic mass is 10.2. The number of hydrogen-bond donors (Lipinski definition) is 0. The molecule has 0 fully saturated rings. The van der Waals surface area contributed by atoms with Crippen molar-refractivity contribution in [2.75, 3.05) is 26.3 Å². The van der Waals surface area contributed by atoms with Crippen molar-refractivity contribution in [2.24, 2.45) is 0 Å². The maximum Gasteiger partial charge on any atom is 0.243 e. The van der Waals surface area contributed by atoms with E-state index in [1.54, 1.807) is 40.5 Å². The van der Waals surface area contributed by atoms with E-state index in [4.69, 9.17) is 4.74 Å². The molecule has 1 aromatic heterocycles. The summed E-state index contributed by atoms with van der Waals surface area (Å²) >= 11 is 4.99. The Morgan fingerprint density at radius 3 is 2.34 bits per heavy atom. The lowest BCUT2D eigenvalue weighted by Gasteiger charge is -2.27. The summed E-state index contributed by atoms with van der Waals surface area (Å²) in [5.74, 6) is -0.239. The smallest absolute Gasteiger partial charge is 0.243 e. The molecule has 1 heterocycles. The summed E-state index contributed by atoms with van der Waals surface area (Å²) in [6, 6.07) is 20.3. The fraction of sp³-hybridized carbons (Fsp3) is 0.346. The van der Waals surface area contributed by atoms with E-state index in [0.717, 1.165) is 14.9 Å². The fourth-order valence-electron chi connectivity index (χ4n) is 3.57. The van der Waals surface area contributed by atoms with E-state index >= 15 is 0 Å². The first-order valence-electron chi connectivity index (χ1n) is 11.5. The maximum atomic E-state index is 13.6. The zero-order valence-electron chi connectivity index (χ0n) is 20.0. The number of thiophene rings is 1. The minimum absolute atomic E-state index is 0.161. The highest BCUT2D eigenvalue weighted by molar-refractivity contribution is 9.10. The highest BCUT2D eigenvalue weighted by Crippen LogP contribution is 2.22. The second kappa shape index (κ2) is 13.3. The molecule has 2 aromatic carbocycles. The summed E-state index contributed by atoms with van der Waals surface area (Å²) in [5, 5.41) is 0. The van der Waals surface area contributed by atoms with Gasteiger partial charge in [-0.3, -0.25) is 4.79 Å². The lowest BCUT2D eigenvalue weighted by molar-refractivity contribution is -0.132. The van der Waals surface area contributed by atoms with Crippen molar-refractivity contribution >= 4 is 43.2 Å². The number of nitrogens with zero attached hydrogens (tertiary/aromatic N) is 2. The molecule has 0 atom stereocenters. The molecule has 0 aliphatic carbocycles. The van der Waals surface area contributed by atoms with Gasteiger partial charge in [0.2, 0.25) is 15.9 Å². The monoisotopic (exact) mass is 578 g/mol. The number of carbonyl (C=O) groups is 1. The van der Waals surface area contributed by atoms with Crippen LogP contribution in [0.3, 0.4) is 0 Å². The molecule has 0 saturated carbocycles. The van der Waals surface area contributed by atoms with Gasteiger partial charge in [-0.2, -0.15) is 4.31 Å². The van der Waals surface area contributed by atoms with Crippen molar-refractivity contribution < 1.29 is 17.9 Å². The SMILES string of the molecule is CCOCCCN(CC(=O)N(Cc1ccccc1)Cc1ccc(C)s1)S(=O)(=O)c1ccc(Br)cc1. The fourth-order valence-corrected chi connectivity index (χ4v) is 6.17. The predicted molar refractivity (Wildman–Crippen MR) is 144 cm³/mol. The summed E-state index contributed by atoms with van der Waals surface area (Å²) in [7, 11) is -3.86. The van der Waals surface area contributed by atoms with E-state index in [2.05, 4.69) is 15.9 Å². The van der Waals surface area contributed by atoms with Crippen molar-refractivity contribution in [3.05, 3.63) is 86.5 Å². The molecule has 0 radical (unpaired) electrons. The van der Waals surface area contributed by atoms with Crippen molar-refractivity contribution in [1.29, 1.82) is 0 Å². The Morgan fingerprint density at radius 2 is 1.71 bits per heavy atom. The number of sulfonamides is 1. The van der Waals surface area contributed by atoms with Crippen LogP contribution in [0.4, 0.5) is 0 Å². The number of carbonyl (C=O) groups excluding carboxylic acids is 1. The highest BCUT2D eigenvalue weighted by atomic mass is 79.9. The van der Waals surface area contributed by atoms with Crippen molar-refractivity contribution in [2.45, 2.75) is 38.3 Å². The molecule has 3 rings (SSSR count). The third kappa shape index (κ3) is 8.25. The molecule has 188 valence electrons. The van der Waals surface area contributed by atoms with Crippen LogP contribution >= 0.6 is 27.3 Å². The summed E-state index contributed by atoms with van der Waals surface area (Å²) in [6.07, 6.45) is 0.500. The molecule has 0 N–H and O–H groups in total. The molecule has 9 heteroatoms. The van der Waals surface area contributed by atoms with Crippen molar-refractivity contribution in [1.82, 2.24) is 9.21 Å². The van der Waals surface area contributed by atoms with Gasteiger partial charge in [-0.25, -0.2) is 8.42 Å². The molecule has 0 aliphatic rings.